The third-order valence-electron chi connectivity index (χ3n) is 3.10. The van der Waals surface area contributed by atoms with Crippen molar-refractivity contribution in [3.63, 3.8) is 0 Å². The van der Waals surface area contributed by atoms with Crippen LogP contribution in [0.4, 0.5) is 0 Å². The first kappa shape index (κ1) is 11.1. The lowest BCUT2D eigenvalue weighted by Gasteiger charge is -2.29. The summed E-state index contributed by atoms with van der Waals surface area (Å²) in [5, 5.41) is 3.25. The molecule has 0 aliphatic carbocycles. The second kappa shape index (κ2) is 5.12. The Bertz CT molecular complexity index is 344. The van der Waals surface area contributed by atoms with E-state index in [1.54, 1.807) is 0 Å². The minimum absolute atomic E-state index is 0.0284. The van der Waals surface area contributed by atoms with E-state index in [-0.39, 0.29) is 11.8 Å². The standard InChI is InChI=1S/C13H18N2O/c1-11(12-5-3-2-4-6-12)13(16)15-9-7-14-8-10-15/h2-6,11,14H,7-10H2,1H3. The normalized spacial score (nSPS) is 18.2. The van der Waals surface area contributed by atoms with Gasteiger partial charge in [0.2, 0.25) is 5.91 Å². The number of nitrogens with one attached hydrogen (secondary N) is 1. The van der Waals surface area contributed by atoms with Gasteiger partial charge < -0.3 is 10.2 Å². The van der Waals surface area contributed by atoms with Gasteiger partial charge in [-0.1, -0.05) is 30.3 Å². The van der Waals surface area contributed by atoms with E-state index in [1.165, 1.54) is 0 Å². The third-order valence-corrected chi connectivity index (χ3v) is 3.10. The lowest BCUT2D eigenvalue weighted by Crippen LogP contribution is -2.47. The largest absolute Gasteiger partial charge is 0.340 e. The van der Waals surface area contributed by atoms with Crippen molar-refractivity contribution in [3.05, 3.63) is 35.9 Å². The van der Waals surface area contributed by atoms with Crippen LogP contribution in [0.5, 0.6) is 0 Å². The fourth-order valence-corrected chi connectivity index (χ4v) is 2.04. The van der Waals surface area contributed by atoms with Crippen molar-refractivity contribution in [2.24, 2.45) is 0 Å². The minimum Gasteiger partial charge on any atom is -0.340 e. The zero-order valence-electron chi connectivity index (χ0n) is 9.65. The van der Waals surface area contributed by atoms with Gasteiger partial charge in [0, 0.05) is 26.2 Å². The summed E-state index contributed by atoms with van der Waals surface area (Å²) in [6.45, 7) is 5.46. The van der Waals surface area contributed by atoms with Crippen LogP contribution in [-0.4, -0.2) is 37.0 Å². The number of hydrogen-bond acceptors (Lipinski definition) is 2. The Kier molecular flexibility index (Phi) is 3.57. The molecular weight excluding hydrogens is 200 g/mol. The summed E-state index contributed by atoms with van der Waals surface area (Å²) in [6, 6.07) is 9.98. The molecule has 0 spiro atoms. The van der Waals surface area contributed by atoms with Crippen molar-refractivity contribution in [1.29, 1.82) is 0 Å². The zero-order valence-corrected chi connectivity index (χ0v) is 9.65. The highest BCUT2D eigenvalue weighted by molar-refractivity contribution is 5.83. The molecule has 0 radical (unpaired) electrons. The number of rotatable bonds is 2. The summed E-state index contributed by atoms with van der Waals surface area (Å²) >= 11 is 0. The summed E-state index contributed by atoms with van der Waals surface area (Å²) in [6.07, 6.45) is 0. The van der Waals surface area contributed by atoms with E-state index >= 15 is 0 Å². The number of hydrogen-bond donors (Lipinski definition) is 1. The van der Waals surface area contributed by atoms with E-state index in [4.69, 9.17) is 0 Å². The molecule has 16 heavy (non-hydrogen) atoms. The average molecular weight is 218 g/mol. The highest BCUT2D eigenvalue weighted by atomic mass is 16.2. The first-order chi connectivity index (χ1) is 7.79. The third kappa shape index (κ3) is 2.42. The molecule has 1 heterocycles. The lowest BCUT2D eigenvalue weighted by atomic mass is 9.99. The summed E-state index contributed by atoms with van der Waals surface area (Å²) in [5.41, 5.74) is 1.10. The summed E-state index contributed by atoms with van der Waals surface area (Å²) in [7, 11) is 0. The van der Waals surface area contributed by atoms with Crippen LogP contribution in [0.25, 0.3) is 0 Å². The van der Waals surface area contributed by atoms with Crippen LogP contribution in [0.1, 0.15) is 18.4 Å². The van der Waals surface area contributed by atoms with Crippen LogP contribution in [0, 0.1) is 0 Å². The van der Waals surface area contributed by atoms with Gasteiger partial charge in [-0.15, -0.1) is 0 Å². The van der Waals surface area contributed by atoms with E-state index in [0.717, 1.165) is 31.7 Å². The first-order valence-electron chi connectivity index (χ1n) is 5.83. The molecule has 3 heteroatoms. The zero-order chi connectivity index (χ0) is 11.4. The van der Waals surface area contributed by atoms with E-state index in [2.05, 4.69) is 5.32 Å². The molecule has 1 unspecified atom stereocenters. The summed E-state index contributed by atoms with van der Waals surface area (Å²) in [5.74, 6) is 0.215. The number of amides is 1. The predicted molar refractivity (Wildman–Crippen MR) is 64.3 cm³/mol. The van der Waals surface area contributed by atoms with Gasteiger partial charge in [-0.3, -0.25) is 4.79 Å². The van der Waals surface area contributed by atoms with Crippen LogP contribution >= 0.6 is 0 Å². The number of nitrogens with zero attached hydrogens (tertiary/aromatic N) is 1. The minimum atomic E-state index is -0.0284. The Balaban J connectivity index is 2.04. The molecule has 0 saturated carbocycles. The van der Waals surface area contributed by atoms with Crippen molar-refractivity contribution in [1.82, 2.24) is 10.2 Å². The molecule has 1 aromatic carbocycles. The van der Waals surface area contributed by atoms with E-state index in [0.29, 0.717) is 0 Å². The highest BCUT2D eigenvalue weighted by Crippen LogP contribution is 2.17. The molecule has 86 valence electrons. The average Bonchev–Trinajstić information content (AvgIpc) is 2.39. The van der Waals surface area contributed by atoms with E-state index in [1.807, 2.05) is 42.2 Å². The molecule has 0 aromatic heterocycles. The van der Waals surface area contributed by atoms with E-state index < -0.39 is 0 Å². The van der Waals surface area contributed by atoms with E-state index in [9.17, 15) is 4.79 Å². The molecule has 1 atom stereocenters. The molecule has 1 amide bonds. The molecule has 2 rings (SSSR count). The molecule has 1 N–H and O–H groups in total. The Morgan fingerprint density at radius 3 is 2.50 bits per heavy atom. The van der Waals surface area contributed by atoms with Crippen molar-refractivity contribution in [2.75, 3.05) is 26.2 Å². The smallest absolute Gasteiger partial charge is 0.229 e. The SMILES string of the molecule is CC(C(=O)N1CCNCC1)c1ccccc1. The second-order valence-electron chi connectivity index (χ2n) is 4.21. The highest BCUT2D eigenvalue weighted by Gasteiger charge is 2.22. The van der Waals surface area contributed by atoms with Crippen molar-refractivity contribution in [2.45, 2.75) is 12.8 Å². The van der Waals surface area contributed by atoms with Crippen molar-refractivity contribution < 1.29 is 4.79 Å². The lowest BCUT2D eigenvalue weighted by molar-refractivity contribution is -0.133. The molecule has 0 bridgehead atoms. The molecule has 1 fully saturated rings. The van der Waals surface area contributed by atoms with Gasteiger partial charge in [0.1, 0.15) is 0 Å². The molecule has 1 aromatic rings. The number of carbonyl (C=O) groups is 1. The number of piperazine rings is 1. The van der Waals surface area contributed by atoms with Crippen LogP contribution in [0.15, 0.2) is 30.3 Å². The second-order valence-corrected chi connectivity index (χ2v) is 4.21. The number of carbonyl (C=O) groups excluding carboxylic acids is 1. The molecule has 3 nitrogen and oxygen atoms in total. The van der Waals surface area contributed by atoms with Crippen LogP contribution in [-0.2, 0) is 4.79 Å². The Hall–Kier alpha value is -1.35. The molecule has 1 aliphatic rings. The van der Waals surface area contributed by atoms with Crippen molar-refractivity contribution >= 4 is 5.91 Å². The fourth-order valence-electron chi connectivity index (χ4n) is 2.04. The Morgan fingerprint density at radius 1 is 1.25 bits per heavy atom. The Morgan fingerprint density at radius 2 is 1.88 bits per heavy atom. The quantitative estimate of drug-likeness (QED) is 0.809. The van der Waals surface area contributed by atoms with Crippen LogP contribution in [0.3, 0.4) is 0 Å². The maximum absolute atomic E-state index is 12.2. The van der Waals surface area contributed by atoms with Gasteiger partial charge in [-0.05, 0) is 12.5 Å². The fraction of sp³-hybridized carbons (Fsp3) is 0.462. The summed E-state index contributed by atoms with van der Waals surface area (Å²) < 4.78 is 0. The molecule has 1 saturated heterocycles. The van der Waals surface area contributed by atoms with Gasteiger partial charge in [0.15, 0.2) is 0 Å². The Labute approximate surface area is 96.5 Å². The van der Waals surface area contributed by atoms with Gasteiger partial charge >= 0.3 is 0 Å². The topological polar surface area (TPSA) is 32.3 Å². The maximum Gasteiger partial charge on any atom is 0.229 e. The van der Waals surface area contributed by atoms with Crippen LogP contribution < -0.4 is 5.32 Å². The van der Waals surface area contributed by atoms with Gasteiger partial charge in [-0.25, -0.2) is 0 Å². The van der Waals surface area contributed by atoms with Gasteiger partial charge in [0.25, 0.3) is 0 Å². The van der Waals surface area contributed by atoms with Crippen LogP contribution in [0.2, 0.25) is 0 Å². The monoisotopic (exact) mass is 218 g/mol. The van der Waals surface area contributed by atoms with Crippen molar-refractivity contribution in [3.8, 4) is 0 Å². The number of benzene rings is 1. The van der Waals surface area contributed by atoms with Gasteiger partial charge in [-0.2, -0.15) is 0 Å². The van der Waals surface area contributed by atoms with Gasteiger partial charge in [0.05, 0.1) is 5.92 Å². The summed E-state index contributed by atoms with van der Waals surface area (Å²) in [4.78, 5) is 14.1. The predicted octanol–water partition coefficient (Wildman–Crippen LogP) is 1.22. The first-order valence-corrected chi connectivity index (χ1v) is 5.83. The molecule has 1 aliphatic heterocycles. The maximum atomic E-state index is 12.2. The molecular formula is C13H18N2O.